The number of halogens is 1. The van der Waals surface area contributed by atoms with Crippen LogP contribution in [-0.4, -0.2) is 45.9 Å². The number of hydrogen-bond acceptors (Lipinski definition) is 4. The maximum atomic E-state index is 13.4. The second-order valence-corrected chi connectivity index (χ2v) is 8.65. The molecule has 0 radical (unpaired) electrons. The van der Waals surface area contributed by atoms with Gasteiger partial charge in [-0.15, -0.1) is 0 Å². The van der Waals surface area contributed by atoms with Crippen LogP contribution >= 0.6 is 11.8 Å². The third kappa shape index (κ3) is 5.54. The highest BCUT2D eigenvalue weighted by Gasteiger charge is 2.21. The van der Waals surface area contributed by atoms with Gasteiger partial charge in [0.05, 0.1) is 30.3 Å². The molecule has 1 aliphatic rings. The number of amides is 1. The van der Waals surface area contributed by atoms with Crippen molar-refractivity contribution in [1.82, 2.24) is 14.5 Å². The summed E-state index contributed by atoms with van der Waals surface area (Å²) in [5.74, 6) is -0.0534. The molecule has 2 aromatic carbocycles. The van der Waals surface area contributed by atoms with Gasteiger partial charge >= 0.3 is 0 Å². The topological polar surface area (TPSA) is 47.4 Å². The van der Waals surface area contributed by atoms with Crippen molar-refractivity contribution in [2.24, 2.45) is 0 Å². The Hall–Kier alpha value is -2.64. The quantitative estimate of drug-likeness (QED) is 0.481. The predicted octanol–water partition coefficient (Wildman–Crippen LogP) is 4.62. The molecule has 0 aliphatic carbocycles. The zero-order chi connectivity index (χ0) is 21.6. The van der Waals surface area contributed by atoms with E-state index in [0.717, 1.165) is 48.0 Å². The first-order valence-electron chi connectivity index (χ1n) is 10.4. The van der Waals surface area contributed by atoms with Crippen LogP contribution in [0.1, 0.15) is 18.4 Å². The smallest absolute Gasteiger partial charge is 0.233 e. The summed E-state index contributed by atoms with van der Waals surface area (Å²) in [6.07, 6.45) is 4.15. The Balaban J connectivity index is 1.45. The van der Waals surface area contributed by atoms with E-state index in [1.165, 1.54) is 23.9 Å². The molecule has 2 heterocycles. The van der Waals surface area contributed by atoms with Gasteiger partial charge in [-0.3, -0.25) is 4.79 Å². The number of nitrogens with zero attached hydrogens (tertiary/aromatic N) is 3. The number of aromatic nitrogens is 2. The summed E-state index contributed by atoms with van der Waals surface area (Å²) in [6.45, 7) is 1.89. The molecule has 3 aromatic rings. The van der Waals surface area contributed by atoms with Crippen LogP contribution in [0.4, 0.5) is 4.39 Å². The SMILES string of the molecule is CN(Cc1cccc(F)c1)C(=O)CSc1ncc(-c2ccccc2)n1CC1CCCO1. The Kier molecular flexibility index (Phi) is 7.04. The second-order valence-electron chi connectivity index (χ2n) is 7.71. The first-order chi connectivity index (χ1) is 15.1. The van der Waals surface area contributed by atoms with Gasteiger partial charge in [-0.2, -0.15) is 0 Å². The molecule has 1 unspecified atom stereocenters. The van der Waals surface area contributed by atoms with Crippen LogP contribution in [0.15, 0.2) is 66.0 Å². The Labute approximate surface area is 186 Å². The van der Waals surface area contributed by atoms with Crippen LogP contribution < -0.4 is 0 Å². The molecule has 5 nitrogen and oxygen atoms in total. The van der Waals surface area contributed by atoms with E-state index in [4.69, 9.17) is 4.74 Å². The summed E-state index contributed by atoms with van der Waals surface area (Å²) in [5, 5.41) is 0.807. The van der Waals surface area contributed by atoms with E-state index in [1.807, 2.05) is 30.5 Å². The third-order valence-electron chi connectivity index (χ3n) is 5.36. The molecule has 1 aromatic heterocycles. The van der Waals surface area contributed by atoms with Gasteiger partial charge < -0.3 is 14.2 Å². The molecule has 0 N–H and O–H groups in total. The fraction of sp³-hybridized carbons (Fsp3) is 0.333. The Morgan fingerprint density at radius 1 is 1.26 bits per heavy atom. The lowest BCUT2D eigenvalue weighted by atomic mass is 10.1. The molecule has 1 saturated heterocycles. The van der Waals surface area contributed by atoms with Gasteiger partial charge in [-0.25, -0.2) is 9.37 Å². The fourth-order valence-corrected chi connectivity index (χ4v) is 4.64. The number of hydrogen-bond donors (Lipinski definition) is 0. The Morgan fingerprint density at radius 3 is 2.84 bits per heavy atom. The minimum absolute atomic E-state index is 0.0258. The van der Waals surface area contributed by atoms with Crippen LogP contribution in [0, 0.1) is 5.82 Å². The van der Waals surface area contributed by atoms with Crippen molar-refractivity contribution in [2.45, 2.75) is 37.2 Å². The van der Waals surface area contributed by atoms with Crippen molar-refractivity contribution < 1.29 is 13.9 Å². The Morgan fingerprint density at radius 2 is 2.10 bits per heavy atom. The van der Waals surface area contributed by atoms with Crippen LogP contribution in [0.5, 0.6) is 0 Å². The maximum Gasteiger partial charge on any atom is 0.233 e. The van der Waals surface area contributed by atoms with Gasteiger partial charge in [0, 0.05) is 20.2 Å². The second kappa shape index (κ2) is 10.1. The fourth-order valence-electron chi connectivity index (χ4n) is 3.72. The summed E-state index contributed by atoms with van der Waals surface area (Å²) < 4.78 is 21.4. The van der Waals surface area contributed by atoms with E-state index >= 15 is 0 Å². The number of carbonyl (C=O) groups excluding carboxylic acids is 1. The standard InChI is InChI=1S/C24H26FN3O2S/c1-27(15-18-7-5-10-20(25)13-18)23(29)17-31-24-26-14-22(19-8-3-2-4-9-19)28(24)16-21-11-6-12-30-21/h2-5,7-10,13-14,21H,6,11-12,15-17H2,1H3. The molecule has 1 fully saturated rings. The van der Waals surface area contributed by atoms with Crippen molar-refractivity contribution in [3.63, 3.8) is 0 Å². The number of rotatable bonds is 8. The number of carbonyl (C=O) groups is 1. The van der Waals surface area contributed by atoms with Crippen molar-refractivity contribution in [3.05, 3.63) is 72.2 Å². The zero-order valence-corrected chi connectivity index (χ0v) is 18.4. The molecule has 0 bridgehead atoms. The minimum Gasteiger partial charge on any atom is -0.376 e. The van der Waals surface area contributed by atoms with Gasteiger partial charge in [0.15, 0.2) is 5.16 Å². The van der Waals surface area contributed by atoms with E-state index in [-0.39, 0.29) is 23.6 Å². The summed E-state index contributed by atoms with van der Waals surface area (Å²) in [6, 6.07) is 16.5. The van der Waals surface area contributed by atoms with Crippen LogP contribution in [0.25, 0.3) is 11.3 Å². The number of thioether (sulfide) groups is 1. The van der Waals surface area contributed by atoms with Gasteiger partial charge in [0.2, 0.25) is 5.91 Å². The largest absolute Gasteiger partial charge is 0.376 e. The first kappa shape index (κ1) is 21.6. The first-order valence-corrected chi connectivity index (χ1v) is 11.4. The minimum atomic E-state index is -0.294. The molecule has 1 amide bonds. The van der Waals surface area contributed by atoms with Crippen molar-refractivity contribution in [1.29, 1.82) is 0 Å². The van der Waals surface area contributed by atoms with Gasteiger partial charge in [0.25, 0.3) is 0 Å². The van der Waals surface area contributed by atoms with Gasteiger partial charge in [-0.05, 0) is 36.1 Å². The Bertz CT molecular complexity index is 1020. The van der Waals surface area contributed by atoms with Crippen molar-refractivity contribution >= 4 is 17.7 Å². The molecule has 0 saturated carbocycles. The average molecular weight is 440 g/mol. The van der Waals surface area contributed by atoms with E-state index < -0.39 is 0 Å². The molecule has 31 heavy (non-hydrogen) atoms. The highest BCUT2D eigenvalue weighted by atomic mass is 32.2. The summed E-state index contributed by atoms with van der Waals surface area (Å²) >= 11 is 1.43. The lowest BCUT2D eigenvalue weighted by Crippen LogP contribution is -2.28. The van der Waals surface area contributed by atoms with Crippen LogP contribution in [0.2, 0.25) is 0 Å². The third-order valence-corrected chi connectivity index (χ3v) is 6.33. The highest BCUT2D eigenvalue weighted by molar-refractivity contribution is 7.99. The van der Waals surface area contributed by atoms with E-state index in [1.54, 1.807) is 18.0 Å². The lowest BCUT2D eigenvalue weighted by molar-refractivity contribution is -0.127. The van der Waals surface area contributed by atoms with Crippen LogP contribution in [-0.2, 0) is 22.6 Å². The van der Waals surface area contributed by atoms with Gasteiger partial charge in [-0.1, -0.05) is 54.2 Å². The summed E-state index contributed by atoms with van der Waals surface area (Å²) in [7, 11) is 1.74. The zero-order valence-electron chi connectivity index (χ0n) is 17.5. The van der Waals surface area contributed by atoms with Gasteiger partial charge in [0.1, 0.15) is 5.82 Å². The maximum absolute atomic E-state index is 13.4. The number of ether oxygens (including phenoxy) is 1. The lowest BCUT2D eigenvalue weighted by Gasteiger charge is -2.18. The molecule has 0 spiro atoms. The predicted molar refractivity (Wildman–Crippen MR) is 120 cm³/mol. The van der Waals surface area contributed by atoms with E-state index in [0.29, 0.717) is 6.54 Å². The van der Waals surface area contributed by atoms with Crippen LogP contribution in [0.3, 0.4) is 0 Å². The molecule has 1 atom stereocenters. The van der Waals surface area contributed by atoms with Crippen molar-refractivity contribution in [2.75, 3.05) is 19.4 Å². The molecular weight excluding hydrogens is 413 g/mol. The number of imidazole rings is 1. The van der Waals surface area contributed by atoms with Crippen molar-refractivity contribution in [3.8, 4) is 11.3 Å². The van der Waals surface area contributed by atoms with E-state index in [2.05, 4.69) is 21.7 Å². The molecular formula is C24H26FN3O2S. The molecule has 4 rings (SSSR count). The highest BCUT2D eigenvalue weighted by Crippen LogP contribution is 2.28. The summed E-state index contributed by atoms with van der Waals surface area (Å²) in [4.78, 5) is 18.9. The average Bonchev–Trinajstić information content (AvgIpc) is 3.43. The number of benzene rings is 2. The van der Waals surface area contributed by atoms with E-state index in [9.17, 15) is 9.18 Å². The molecule has 7 heteroatoms. The summed E-state index contributed by atoms with van der Waals surface area (Å²) in [5.41, 5.74) is 2.89. The monoisotopic (exact) mass is 439 g/mol. The normalized spacial score (nSPS) is 15.9. The molecule has 1 aliphatic heterocycles. The molecule has 162 valence electrons.